The maximum absolute atomic E-state index is 12.8. The van der Waals surface area contributed by atoms with Crippen molar-refractivity contribution in [1.82, 2.24) is 4.90 Å². The minimum absolute atomic E-state index is 0.00130. The first-order valence-corrected chi connectivity index (χ1v) is 8.70. The molecule has 3 rings (SSSR count). The Morgan fingerprint density at radius 3 is 2.36 bits per heavy atom. The van der Waals surface area contributed by atoms with Gasteiger partial charge in [0.15, 0.2) is 0 Å². The van der Waals surface area contributed by atoms with Gasteiger partial charge in [0.2, 0.25) is 11.8 Å². The Morgan fingerprint density at radius 1 is 1.12 bits per heavy atom. The van der Waals surface area contributed by atoms with Gasteiger partial charge in [0, 0.05) is 17.9 Å². The van der Waals surface area contributed by atoms with Gasteiger partial charge in [-0.15, -0.1) is 0 Å². The van der Waals surface area contributed by atoms with Gasteiger partial charge in [-0.3, -0.25) is 14.4 Å². The van der Waals surface area contributed by atoms with E-state index < -0.39 is 6.04 Å². The molecule has 2 aromatic rings. The summed E-state index contributed by atoms with van der Waals surface area (Å²) in [6.45, 7) is 1.72. The van der Waals surface area contributed by atoms with Crippen LogP contribution in [0.5, 0.6) is 0 Å². The monoisotopic (exact) mass is 400 g/mol. The molecule has 25 heavy (non-hydrogen) atoms. The number of anilines is 1. The topological polar surface area (TPSA) is 57.7 Å². The van der Waals surface area contributed by atoms with Crippen molar-refractivity contribution in [3.8, 4) is 0 Å². The van der Waals surface area contributed by atoms with Crippen molar-refractivity contribution in [3.05, 3.63) is 64.6 Å². The molecule has 0 aliphatic carbocycles. The molecule has 0 aromatic heterocycles. The summed E-state index contributed by atoms with van der Waals surface area (Å²) in [6, 6.07) is 15.6. The maximum Gasteiger partial charge on any atom is 0.257 e. The molecule has 5 nitrogen and oxygen atoms in total. The molecule has 1 fully saturated rings. The SMILES string of the molecule is CC(=O)N(Cc1ccccc1)[C@@H]1CC(=O)N(c2ccc(Br)cc2)C1=O. The molecular weight excluding hydrogens is 384 g/mol. The van der Waals surface area contributed by atoms with Gasteiger partial charge in [0.1, 0.15) is 6.04 Å². The van der Waals surface area contributed by atoms with Gasteiger partial charge in [-0.2, -0.15) is 0 Å². The first-order valence-electron chi connectivity index (χ1n) is 7.91. The number of nitrogens with zero attached hydrogens (tertiary/aromatic N) is 2. The Morgan fingerprint density at radius 2 is 1.76 bits per heavy atom. The third kappa shape index (κ3) is 3.64. The zero-order valence-electron chi connectivity index (χ0n) is 13.7. The summed E-state index contributed by atoms with van der Waals surface area (Å²) < 4.78 is 0.862. The molecule has 1 atom stereocenters. The second kappa shape index (κ2) is 7.19. The average molecular weight is 401 g/mol. The van der Waals surface area contributed by atoms with E-state index in [1.807, 2.05) is 30.3 Å². The van der Waals surface area contributed by atoms with Crippen LogP contribution in [0.1, 0.15) is 18.9 Å². The second-order valence-corrected chi connectivity index (χ2v) is 6.81. The summed E-state index contributed by atoms with van der Waals surface area (Å²) in [4.78, 5) is 40.0. The van der Waals surface area contributed by atoms with Crippen molar-refractivity contribution in [2.75, 3.05) is 4.90 Å². The molecular formula is C19H17BrN2O3. The normalized spacial score (nSPS) is 17.0. The number of halogens is 1. The van der Waals surface area contributed by atoms with Crippen molar-refractivity contribution in [3.63, 3.8) is 0 Å². The lowest BCUT2D eigenvalue weighted by atomic mass is 10.1. The van der Waals surface area contributed by atoms with Gasteiger partial charge in [0.25, 0.3) is 5.91 Å². The van der Waals surface area contributed by atoms with E-state index in [1.54, 1.807) is 24.3 Å². The van der Waals surface area contributed by atoms with E-state index in [1.165, 1.54) is 11.8 Å². The second-order valence-electron chi connectivity index (χ2n) is 5.90. The van der Waals surface area contributed by atoms with Crippen LogP contribution in [0.2, 0.25) is 0 Å². The highest BCUT2D eigenvalue weighted by Gasteiger charge is 2.43. The zero-order valence-corrected chi connectivity index (χ0v) is 15.3. The first-order chi connectivity index (χ1) is 12.0. The number of benzene rings is 2. The highest BCUT2D eigenvalue weighted by atomic mass is 79.9. The Labute approximate surface area is 154 Å². The fourth-order valence-corrected chi connectivity index (χ4v) is 3.21. The number of imide groups is 1. The van der Waals surface area contributed by atoms with Crippen LogP contribution in [-0.4, -0.2) is 28.7 Å². The minimum Gasteiger partial charge on any atom is -0.326 e. The summed E-state index contributed by atoms with van der Waals surface area (Å²) >= 11 is 3.33. The lowest BCUT2D eigenvalue weighted by Crippen LogP contribution is -2.44. The number of carbonyl (C=O) groups excluding carboxylic acids is 3. The molecule has 0 spiro atoms. The number of carbonyl (C=O) groups is 3. The standard InChI is InChI=1S/C19H17BrN2O3/c1-13(23)21(12-14-5-3-2-4-6-14)17-11-18(24)22(19(17)25)16-9-7-15(20)8-10-16/h2-10,17H,11-12H2,1H3/t17-/m1/s1. The van der Waals surface area contributed by atoms with E-state index in [4.69, 9.17) is 0 Å². The van der Waals surface area contributed by atoms with Crippen LogP contribution in [0, 0.1) is 0 Å². The van der Waals surface area contributed by atoms with E-state index in [0.717, 1.165) is 14.9 Å². The summed E-state index contributed by atoms with van der Waals surface area (Å²) in [5, 5.41) is 0. The predicted octanol–water partition coefficient (Wildman–Crippen LogP) is 3.13. The van der Waals surface area contributed by atoms with Gasteiger partial charge in [-0.1, -0.05) is 46.3 Å². The Balaban J connectivity index is 1.86. The smallest absolute Gasteiger partial charge is 0.257 e. The molecule has 0 bridgehead atoms. The van der Waals surface area contributed by atoms with Crippen molar-refractivity contribution in [2.45, 2.75) is 25.9 Å². The van der Waals surface area contributed by atoms with Crippen molar-refractivity contribution in [2.24, 2.45) is 0 Å². The molecule has 0 N–H and O–H groups in total. The third-order valence-electron chi connectivity index (χ3n) is 4.18. The highest BCUT2D eigenvalue weighted by Crippen LogP contribution is 2.27. The van der Waals surface area contributed by atoms with E-state index in [9.17, 15) is 14.4 Å². The van der Waals surface area contributed by atoms with Gasteiger partial charge in [-0.05, 0) is 29.8 Å². The first kappa shape index (κ1) is 17.4. The van der Waals surface area contributed by atoms with Crippen LogP contribution in [0.4, 0.5) is 5.69 Å². The lowest BCUT2D eigenvalue weighted by molar-refractivity contribution is -0.137. The quantitative estimate of drug-likeness (QED) is 0.740. The molecule has 0 saturated carbocycles. The summed E-state index contributed by atoms with van der Waals surface area (Å²) in [6.07, 6.45) is 0.00130. The lowest BCUT2D eigenvalue weighted by Gasteiger charge is -2.26. The van der Waals surface area contributed by atoms with Crippen molar-refractivity contribution >= 4 is 39.3 Å². The van der Waals surface area contributed by atoms with Crippen molar-refractivity contribution < 1.29 is 14.4 Å². The van der Waals surface area contributed by atoms with Crippen LogP contribution < -0.4 is 4.90 Å². The maximum atomic E-state index is 12.8. The van der Waals surface area contributed by atoms with E-state index >= 15 is 0 Å². The number of hydrogen-bond donors (Lipinski definition) is 0. The molecule has 2 aromatic carbocycles. The van der Waals surface area contributed by atoms with Gasteiger partial charge in [-0.25, -0.2) is 4.90 Å². The van der Waals surface area contributed by atoms with Crippen LogP contribution >= 0.6 is 15.9 Å². The van der Waals surface area contributed by atoms with Crippen LogP contribution in [0.15, 0.2) is 59.1 Å². The summed E-state index contributed by atoms with van der Waals surface area (Å²) in [5.41, 5.74) is 1.43. The van der Waals surface area contributed by atoms with Crippen LogP contribution in [0.3, 0.4) is 0 Å². The zero-order chi connectivity index (χ0) is 18.0. The largest absolute Gasteiger partial charge is 0.326 e. The van der Waals surface area contributed by atoms with Gasteiger partial charge in [0.05, 0.1) is 12.1 Å². The molecule has 0 radical (unpaired) electrons. The summed E-state index contributed by atoms with van der Waals surface area (Å²) in [7, 11) is 0. The fraction of sp³-hybridized carbons (Fsp3) is 0.211. The highest BCUT2D eigenvalue weighted by molar-refractivity contribution is 9.10. The van der Waals surface area contributed by atoms with Gasteiger partial charge < -0.3 is 4.90 Å². The molecule has 1 saturated heterocycles. The number of rotatable bonds is 4. The average Bonchev–Trinajstić information content (AvgIpc) is 2.89. The number of amides is 3. The van der Waals surface area contributed by atoms with E-state index in [0.29, 0.717) is 12.2 Å². The summed E-state index contributed by atoms with van der Waals surface area (Å²) in [5.74, 6) is -0.886. The fourth-order valence-electron chi connectivity index (χ4n) is 2.94. The van der Waals surface area contributed by atoms with Crippen molar-refractivity contribution in [1.29, 1.82) is 0 Å². The molecule has 1 heterocycles. The van der Waals surface area contributed by atoms with Crippen LogP contribution in [-0.2, 0) is 20.9 Å². The molecule has 128 valence electrons. The molecule has 1 aliphatic rings. The molecule has 3 amide bonds. The van der Waals surface area contributed by atoms with Gasteiger partial charge >= 0.3 is 0 Å². The number of hydrogen-bond acceptors (Lipinski definition) is 3. The Hall–Kier alpha value is -2.47. The predicted molar refractivity (Wildman–Crippen MR) is 97.7 cm³/mol. The third-order valence-corrected chi connectivity index (χ3v) is 4.71. The Kier molecular flexibility index (Phi) is 4.99. The van der Waals surface area contributed by atoms with E-state index in [2.05, 4.69) is 15.9 Å². The molecule has 0 unspecified atom stereocenters. The van der Waals surface area contributed by atoms with E-state index in [-0.39, 0.29) is 24.1 Å². The molecule has 6 heteroatoms. The minimum atomic E-state index is -0.770. The Bertz CT molecular complexity index is 805. The van der Waals surface area contributed by atoms with Crippen LogP contribution in [0.25, 0.3) is 0 Å². The molecule has 1 aliphatic heterocycles.